The van der Waals surface area contributed by atoms with Crippen LogP contribution in [0.3, 0.4) is 0 Å². The Labute approximate surface area is 206 Å². The fraction of sp³-hybridized carbons (Fsp3) is 0.0667. The molecule has 1 unspecified atom stereocenters. The molecule has 4 nitrogen and oxygen atoms in total. The van der Waals surface area contributed by atoms with Crippen LogP contribution in [0.2, 0.25) is 0 Å². The molecule has 0 saturated carbocycles. The molecule has 1 atom stereocenters. The van der Waals surface area contributed by atoms with Gasteiger partial charge in [-0.05, 0) is 47.9 Å². The van der Waals surface area contributed by atoms with Crippen molar-refractivity contribution in [2.75, 3.05) is 0 Å². The van der Waals surface area contributed by atoms with Gasteiger partial charge in [0, 0.05) is 5.56 Å². The molecule has 0 aliphatic carbocycles. The van der Waals surface area contributed by atoms with Crippen LogP contribution in [0.1, 0.15) is 33.9 Å². The van der Waals surface area contributed by atoms with Crippen LogP contribution in [0.5, 0.6) is 0 Å². The van der Waals surface area contributed by atoms with E-state index in [4.69, 9.17) is 0 Å². The van der Waals surface area contributed by atoms with Crippen molar-refractivity contribution < 1.29 is 8.42 Å². The van der Waals surface area contributed by atoms with Crippen LogP contribution in [0.4, 0.5) is 0 Å². The first-order chi connectivity index (χ1) is 17.0. The SMILES string of the molecule is Cc1ccc(S(=O)(=O)N2C(c3ccccc3)=CC3c4ccccc4C=C(c4ccccc4)N32)cc1. The predicted molar refractivity (Wildman–Crippen MR) is 140 cm³/mol. The van der Waals surface area contributed by atoms with Crippen LogP contribution in [0.15, 0.2) is 120 Å². The monoisotopic (exact) mass is 476 g/mol. The zero-order valence-electron chi connectivity index (χ0n) is 19.2. The fourth-order valence-electron chi connectivity index (χ4n) is 4.80. The van der Waals surface area contributed by atoms with E-state index in [0.717, 1.165) is 33.5 Å². The molecule has 2 aliphatic heterocycles. The van der Waals surface area contributed by atoms with Gasteiger partial charge in [0.2, 0.25) is 0 Å². The third-order valence-corrected chi connectivity index (χ3v) is 8.22. The van der Waals surface area contributed by atoms with Gasteiger partial charge >= 0.3 is 0 Å². The number of aryl methyl sites for hydroxylation is 1. The Morgan fingerprint density at radius 2 is 1.23 bits per heavy atom. The molecule has 0 spiro atoms. The van der Waals surface area contributed by atoms with Gasteiger partial charge in [-0.15, -0.1) is 0 Å². The zero-order chi connectivity index (χ0) is 24.0. The van der Waals surface area contributed by atoms with E-state index in [2.05, 4.69) is 24.3 Å². The quantitative estimate of drug-likeness (QED) is 0.337. The second-order valence-electron chi connectivity index (χ2n) is 8.79. The molecule has 4 aromatic rings. The third-order valence-electron chi connectivity index (χ3n) is 6.52. The molecule has 2 aliphatic rings. The summed E-state index contributed by atoms with van der Waals surface area (Å²) in [7, 11) is -3.92. The normalized spacial score (nSPS) is 16.9. The van der Waals surface area contributed by atoms with Gasteiger partial charge in [0.05, 0.1) is 22.3 Å². The summed E-state index contributed by atoms with van der Waals surface area (Å²) in [6.45, 7) is 1.95. The molecule has 2 heterocycles. The summed E-state index contributed by atoms with van der Waals surface area (Å²) >= 11 is 0. The Balaban J connectivity index is 1.61. The lowest BCUT2D eigenvalue weighted by molar-refractivity contribution is 0.188. The first-order valence-corrected chi connectivity index (χ1v) is 13.0. The van der Waals surface area contributed by atoms with Crippen molar-refractivity contribution in [3.05, 3.63) is 143 Å². The van der Waals surface area contributed by atoms with Crippen LogP contribution < -0.4 is 0 Å². The van der Waals surface area contributed by atoms with Crippen LogP contribution in [0, 0.1) is 6.92 Å². The first kappa shape index (κ1) is 21.4. The topological polar surface area (TPSA) is 40.6 Å². The number of hydrogen-bond acceptors (Lipinski definition) is 3. The van der Waals surface area contributed by atoms with Gasteiger partial charge in [-0.25, -0.2) is 0 Å². The maximum atomic E-state index is 14.3. The second kappa shape index (κ2) is 8.29. The van der Waals surface area contributed by atoms with Crippen LogP contribution in [0.25, 0.3) is 17.5 Å². The van der Waals surface area contributed by atoms with E-state index in [1.165, 1.54) is 4.41 Å². The summed E-state index contributed by atoms with van der Waals surface area (Å²) in [6.07, 6.45) is 4.15. The number of sulfonamides is 1. The van der Waals surface area contributed by atoms with E-state index >= 15 is 0 Å². The Morgan fingerprint density at radius 3 is 1.89 bits per heavy atom. The Bertz CT molecular complexity index is 1560. The molecular weight excluding hydrogens is 452 g/mol. The average Bonchev–Trinajstić information content (AvgIpc) is 3.31. The minimum Gasteiger partial charge on any atom is -0.259 e. The summed E-state index contributed by atoms with van der Waals surface area (Å²) in [4.78, 5) is 0.261. The molecule has 0 amide bonds. The zero-order valence-corrected chi connectivity index (χ0v) is 20.1. The van der Waals surface area contributed by atoms with Crippen molar-refractivity contribution >= 4 is 27.5 Å². The second-order valence-corrected chi connectivity index (χ2v) is 10.6. The van der Waals surface area contributed by atoms with Crippen molar-refractivity contribution in [2.45, 2.75) is 17.9 Å². The van der Waals surface area contributed by atoms with Crippen LogP contribution in [-0.4, -0.2) is 17.8 Å². The minimum atomic E-state index is -3.92. The van der Waals surface area contributed by atoms with E-state index in [9.17, 15) is 8.42 Å². The maximum absolute atomic E-state index is 14.3. The summed E-state index contributed by atoms with van der Waals surface area (Å²) in [5, 5.41) is 1.93. The van der Waals surface area contributed by atoms with Gasteiger partial charge < -0.3 is 0 Å². The summed E-state index contributed by atoms with van der Waals surface area (Å²) < 4.78 is 30.1. The van der Waals surface area contributed by atoms with Gasteiger partial charge in [-0.3, -0.25) is 5.01 Å². The van der Waals surface area contributed by atoms with Crippen molar-refractivity contribution in [3.63, 3.8) is 0 Å². The number of benzene rings is 4. The van der Waals surface area contributed by atoms with Crippen LogP contribution >= 0.6 is 0 Å². The molecule has 6 rings (SSSR count). The summed E-state index contributed by atoms with van der Waals surface area (Å²) in [5.41, 5.74) is 6.47. The Kier molecular flexibility index (Phi) is 5.08. The molecule has 35 heavy (non-hydrogen) atoms. The van der Waals surface area contributed by atoms with Crippen molar-refractivity contribution in [1.29, 1.82) is 0 Å². The number of rotatable bonds is 4. The molecule has 0 N–H and O–H groups in total. The highest BCUT2D eigenvalue weighted by atomic mass is 32.2. The van der Waals surface area contributed by atoms with E-state index in [1.807, 2.05) is 96.9 Å². The predicted octanol–water partition coefficient (Wildman–Crippen LogP) is 6.51. The van der Waals surface area contributed by atoms with E-state index in [0.29, 0.717) is 5.70 Å². The number of fused-ring (bicyclic) bond motifs is 3. The number of nitrogens with zero attached hydrogens (tertiary/aromatic N) is 2. The van der Waals surface area contributed by atoms with Crippen molar-refractivity contribution in [3.8, 4) is 0 Å². The first-order valence-electron chi connectivity index (χ1n) is 11.6. The molecule has 0 bridgehead atoms. The summed E-state index contributed by atoms with van der Waals surface area (Å²) in [5.74, 6) is 0. The summed E-state index contributed by atoms with van der Waals surface area (Å²) in [6, 6.07) is 34.7. The Hall–Kier alpha value is -4.09. The van der Waals surface area contributed by atoms with Gasteiger partial charge in [-0.2, -0.15) is 12.8 Å². The lowest BCUT2D eigenvalue weighted by Gasteiger charge is -2.40. The molecule has 0 radical (unpaired) electrons. The highest BCUT2D eigenvalue weighted by molar-refractivity contribution is 7.89. The molecule has 0 saturated heterocycles. The molecular formula is C30H24N2O2S. The molecule has 0 fully saturated rings. The minimum absolute atomic E-state index is 0.261. The average molecular weight is 477 g/mol. The maximum Gasteiger partial charge on any atom is 0.281 e. The lowest BCUT2D eigenvalue weighted by Crippen LogP contribution is -2.42. The smallest absolute Gasteiger partial charge is 0.259 e. The lowest BCUT2D eigenvalue weighted by atomic mass is 9.93. The van der Waals surface area contributed by atoms with E-state index in [1.54, 1.807) is 12.1 Å². The highest BCUT2D eigenvalue weighted by Crippen LogP contribution is 2.49. The van der Waals surface area contributed by atoms with Gasteiger partial charge in [0.1, 0.15) is 0 Å². The number of hydrogen-bond donors (Lipinski definition) is 0. The van der Waals surface area contributed by atoms with E-state index < -0.39 is 10.0 Å². The fourth-order valence-corrected chi connectivity index (χ4v) is 6.33. The third kappa shape index (κ3) is 3.56. The molecule has 0 aromatic heterocycles. The molecule has 5 heteroatoms. The van der Waals surface area contributed by atoms with Crippen molar-refractivity contribution in [1.82, 2.24) is 9.42 Å². The van der Waals surface area contributed by atoms with Gasteiger partial charge in [0.25, 0.3) is 10.0 Å². The standard InChI is InChI=1S/C30H24N2O2S/c1-22-16-18-26(19-17-22)35(33,34)32-29(24-12-6-3-7-13-24)21-30-27-15-9-8-14-25(27)20-28(31(30)32)23-10-4-2-5-11-23/h2-21,30H,1H3. The molecule has 172 valence electrons. The van der Waals surface area contributed by atoms with E-state index in [-0.39, 0.29) is 10.9 Å². The van der Waals surface area contributed by atoms with Gasteiger partial charge in [-0.1, -0.05) is 103 Å². The highest BCUT2D eigenvalue weighted by Gasteiger charge is 2.45. The van der Waals surface area contributed by atoms with Crippen LogP contribution in [-0.2, 0) is 10.0 Å². The largest absolute Gasteiger partial charge is 0.281 e. The van der Waals surface area contributed by atoms with Gasteiger partial charge in [0.15, 0.2) is 0 Å². The van der Waals surface area contributed by atoms with Crippen molar-refractivity contribution in [2.24, 2.45) is 0 Å². The number of hydrazine groups is 1. The Morgan fingerprint density at radius 1 is 0.657 bits per heavy atom. The molecule has 4 aromatic carbocycles.